The minimum Gasteiger partial charge on any atom is -0.496 e. The molecule has 1 fully saturated rings. The zero-order chi connectivity index (χ0) is 25.2. The summed E-state index contributed by atoms with van der Waals surface area (Å²) in [7, 11) is 3.45. The van der Waals surface area contributed by atoms with Crippen LogP contribution in [0.15, 0.2) is 73.1 Å². The average Bonchev–Trinajstić information content (AvgIpc) is 3.30. The number of amides is 1. The average molecular weight is 501 g/mol. The van der Waals surface area contributed by atoms with Gasteiger partial charge in [-0.3, -0.25) is 14.3 Å². The summed E-state index contributed by atoms with van der Waals surface area (Å²) >= 11 is 5.82. The highest BCUT2D eigenvalue weighted by Gasteiger charge is 2.32. The second-order valence-electron chi connectivity index (χ2n) is 8.90. The van der Waals surface area contributed by atoms with Crippen LogP contribution in [0.4, 0.5) is 0 Å². The predicted molar refractivity (Wildman–Crippen MR) is 138 cm³/mol. The maximum atomic E-state index is 13.2. The molecule has 0 spiro atoms. The van der Waals surface area contributed by atoms with Crippen LogP contribution in [-0.2, 0) is 13.5 Å². The second-order valence-corrected chi connectivity index (χ2v) is 9.29. The lowest BCUT2D eigenvalue weighted by Gasteiger charge is -2.39. The van der Waals surface area contributed by atoms with Crippen molar-refractivity contribution in [2.75, 3.05) is 20.2 Å². The molecule has 0 radical (unpaired) electrons. The molecule has 1 amide bonds. The van der Waals surface area contributed by atoms with Gasteiger partial charge < -0.3 is 9.64 Å². The Morgan fingerprint density at radius 1 is 1.03 bits per heavy atom. The number of Topliss-reactive ketones (excluding diaryl/α,β-unsaturated/α-hetero) is 1. The maximum absolute atomic E-state index is 13.2. The first-order valence-corrected chi connectivity index (χ1v) is 12.0. The van der Waals surface area contributed by atoms with Gasteiger partial charge in [0.1, 0.15) is 10.9 Å². The molecule has 0 N–H and O–H groups in total. The van der Waals surface area contributed by atoms with E-state index in [4.69, 9.17) is 16.3 Å². The SMILES string of the molecule is COc1ccc(C(=O)N2CC(c3ccc(-c4ccn(C)n4)cc3)C2)cc1CC(=O)c1ccc(Cl)nc1. The zero-order valence-corrected chi connectivity index (χ0v) is 20.8. The van der Waals surface area contributed by atoms with E-state index < -0.39 is 0 Å². The van der Waals surface area contributed by atoms with E-state index in [1.807, 2.05) is 24.2 Å². The Kier molecular flexibility index (Phi) is 6.57. The van der Waals surface area contributed by atoms with Crippen molar-refractivity contribution in [2.45, 2.75) is 12.3 Å². The van der Waals surface area contributed by atoms with Gasteiger partial charge in [0.2, 0.25) is 0 Å². The lowest BCUT2D eigenvalue weighted by atomic mass is 9.90. The number of hydrogen-bond acceptors (Lipinski definition) is 5. The van der Waals surface area contributed by atoms with Gasteiger partial charge in [-0.25, -0.2) is 4.98 Å². The first kappa shape index (κ1) is 23.8. The van der Waals surface area contributed by atoms with Gasteiger partial charge in [0.05, 0.1) is 12.8 Å². The number of aromatic nitrogens is 3. The van der Waals surface area contributed by atoms with E-state index in [9.17, 15) is 9.59 Å². The van der Waals surface area contributed by atoms with E-state index in [1.165, 1.54) is 11.8 Å². The third-order valence-electron chi connectivity index (χ3n) is 6.49. The van der Waals surface area contributed by atoms with E-state index in [2.05, 4.69) is 34.3 Å². The Bertz CT molecular complexity index is 1410. The predicted octanol–water partition coefficient (Wildman–Crippen LogP) is 4.81. The lowest BCUT2D eigenvalue weighted by molar-refractivity contribution is 0.0602. The molecule has 7 nitrogen and oxygen atoms in total. The van der Waals surface area contributed by atoms with Crippen molar-refractivity contribution >= 4 is 23.3 Å². The van der Waals surface area contributed by atoms with Crippen LogP contribution in [0, 0.1) is 0 Å². The number of carbonyl (C=O) groups is 2. The van der Waals surface area contributed by atoms with Crippen molar-refractivity contribution < 1.29 is 14.3 Å². The van der Waals surface area contributed by atoms with Crippen molar-refractivity contribution in [1.82, 2.24) is 19.7 Å². The summed E-state index contributed by atoms with van der Waals surface area (Å²) < 4.78 is 7.22. The number of pyridine rings is 1. The minimum absolute atomic E-state index is 0.0548. The minimum atomic E-state index is -0.125. The molecular weight excluding hydrogens is 476 g/mol. The number of rotatable bonds is 7. The molecule has 5 rings (SSSR count). The Labute approximate surface area is 214 Å². The molecule has 3 heterocycles. The molecule has 0 aliphatic carbocycles. The van der Waals surface area contributed by atoms with Gasteiger partial charge in [0.15, 0.2) is 5.78 Å². The number of ether oxygens (including phenoxy) is 1. The van der Waals surface area contributed by atoms with Crippen LogP contribution in [0.1, 0.15) is 37.8 Å². The quantitative estimate of drug-likeness (QED) is 0.269. The summed E-state index contributed by atoms with van der Waals surface area (Å²) in [6.45, 7) is 1.30. The lowest BCUT2D eigenvalue weighted by Crippen LogP contribution is -2.48. The fourth-order valence-electron chi connectivity index (χ4n) is 4.40. The first-order valence-electron chi connectivity index (χ1n) is 11.6. The van der Waals surface area contributed by atoms with Crippen LogP contribution in [0.25, 0.3) is 11.3 Å². The van der Waals surface area contributed by atoms with E-state index in [0.29, 0.717) is 46.6 Å². The number of likely N-dealkylation sites (tertiary alicyclic amines) is 1. The third-order valence-corrected chi connectivity index (χ3v) is 6.71. The molecule has 0 unspecified atom stereocenters. The third kappa shape index (κ3) is 4.88. The monoisotopic (exact) mass is 500 g/mol. The summed E-state index contributed by atoms with van der Waals surface area (Å²) in [5, 5.41) is 4.77. The topological polar surface area (TPSA) is 77.3 Å². The second kappa shape index (κ2) is 9.95. The number of methoxy groups -OCH3 is 1. The van der Waals surface area contributed by atoms with Gasteiger partial charge in [-0.1, -0.05) is 35.9 Å². The van der Waals surface area contributed by atoms with Gasteiger partial charge in [0.25, 0.3) is 5.91 Å². The van der Waals surface area contributed by atoms with Crippen LogP contribution in [0.5, 0.6) is 5.75 Å². The smallest absolute Gasteiger partial charge is 0.253 e. The number of benzene rings is 2. The van der Waals surface area contributed by atoms with E-state index in [-0.39, 0.29) is 18.1 Å². The molecule has 4 aromatic rings. The van der Waals surface area contributed by atoms with Crippen molar-refractivity contribution in [3.8, 4) is 17.0 Å². The fourth-order valence-corrected chi connectivity index (χ4v) is 4.51. The number of hydrogen-bond donors (Lipinski definition) is 0. The Balaban J connectivity index is 1.25. The van der Waals surface area contributed by atoms with Crippen LogP contribution in [0.2, 0.25) is 5.15 Å². The van der Waals surface area contributed by atoms with Gasteiger partial charge in [-0.15, -0.1) is 0 Å². The molecule has 0 saturated carbocycles. The molecule has 2 aromatic heterocycles. The number of aryl methyl sites for hydroxylation is 1. The summed E-state index contributed by atoms with van der Waals surface area (Å²) in [6.07, 6.45) is 3.47. The molecule has 8 heteroatoms. The molecule has 0 bridgehead atoms. The highest BCUT2D eigenvalue weighted by molar-refractivity contribution is 6.29. The Hall–Kier alpha value is -3.97. The summed E-state index contributed by atoms with van der Waals surface area (Å²) in [4.78, 5) is 31.7. The molecule has 182 valence electrons. The molecule has 0 atom stereocenters. The summed E-state index contributed by atoms with van der Waals surface area (Å²) in [5.74, 6) is 0.681. The summed E-state index contributed by atoms with van der Waals surface area (Å²) in [5.41, 5.74) is 4.87. The van der Waals surface area contributed by atoms with Crippen molar-refractivity contribution in [3.63, 3.8) is 0 Å². The first-order chi connectivity index (χ1) is 17.4. The normalized spacial score (nSPS) is 13.4. The van der Waals surface area contributed by atoms with Crippen molar-refractivity contribution in [1.29, 1.82) is 0 Å². The largest absolute Gasteiger partial charge is 0.496 e. The fraction of sp³-hybridized carbons (Fsp3) is 0.214. The standard InChI is InChI=1S/C28H25ClN4O3/c1-32-12-11-24(31-32)19-5-3-18(4-6-19)23-16-33(17-23)28(35)20-7-9-26(36-2)22(13-20)14-25(34)21-8-10-27(29)30-15-21/h3-13,15,23H,14,16-17H2,1-2H3. The van der Waals surface area contributed by atoms with Gasteiger partial charge in [-0.2, -0.15) is 5.10 Å². The van der Waals surface area contributed by atoms with Crippen LogP contribution in [-0.4, -0.2) is 51.6 Å². The van der Waals surface area contributed by atoms with Crippen molar-refractivity contribution in [3.05, 3.63) is 100 Å². The van der Waals surface area contributed by atoms with Gasteiger partial charge in [0, 0.05) is 67.1 Å². The molecule has 1 aliphatic heterocycles. The van der Waals surface area contributed by atoms with E-state index in [1.54, 1.807) is 42.1 Å². The van der Waals surface area contributed by atoms with Crippen LogP contribution in [0.3, 0.4) is 0 Å². The van der Waals surface area contributed by atoms with Crippen LogP contribution >= 0.6 is 11.6 Å². The molecule has 1 saturated heterocycles. The van der Waals surface area contributed by atoms with Crippen LogP contribution < -0.4 is 4.74 Å². The molecular formula is C28H25ClN4O3. The van der Waals surface area contributed by atoms with Gasteiger partial charge in [-0.05, 0) is 42.0 Å². The molecule has 2 aromatic carbocycles. The molecule has 36 heavy (non-hydrogen) atoms. The number of carbonyl (C=O) groups excluding carboxylic acids is 2. The van der Waals surface area contributed by atoms with E-state index in [0.717, 1.165) is 11.3 Å². The van der Waals surface area contributed by atoms with Crippen molar-refractivity contribution in [2.24, 2.45) is 7.05 Å². The van der Waals surface area contributed by atoms with Gasteiger partial charge >= 0.3 is 0 Å². The molecule has 1 aliphatic rings. The number of ketones is 1. The Morgan fingerprint density at radius 3 is 2.42 bits per heavy atom. The Morgan fingerprint density at radius 2 is 1.78 bits per heavy atom. The highest BCUT2D eigenvalue weighted by Crippen LogP contribution is 2.31. The summed E-state index contributed by atoms with van der Waals surface area (Å²) in [6, 6.07) is 18.8. The number of halogens is 1. The maximum Gasteiger partial charge on any atom is 0.253 e. The zero-order valence-electron chi connectivity index (χ0n) is 20.0. The highest BCUT2D eigenvalue weighted by atomic mass is 35.5. The van der Waals surface area contributed by atoms with E-state index >= 15 is 0 Å². The number of nitrogens with zero attached hydrogens (tertiary/aromatic N) is 4.